The van der Waals surface area contributed by atoms with Crippen molar-refractivity contribution < 1.29 is 15.0 Å². The van der Waals surface area contributed by atoms with E-state index in [1.807, 2.05) is 42.6 Å². The highest BCUT2D eigenvalue weighted by molar-refractivity contribution is 7.10. The Kier molecular flexibility index (Phi) is 4.53. The Hall–Kier alpha value is -1.69. The molecule has 1 fully saturated rings. The first-order valence-corrected chi connectivity index (χ1v) is 8.68. The molecule has 1 saturated heterocycles. The molecule has 2 N–H and O–H groups in total. The fourth-order valence-electron chi connectivity index (χ4n) is 3.16. The molecule has 4 nitrogen and oxygen atoms in total. The summed E-state index contributed by atoms with van der Waals surface area (Å²) in [4.78, 5) is 15.7. The van der Waals surface area contributed by atoms with E-state index in [2.05, 4.69) is 0 Å². The highest BCUT2D eigenvalue weighted by Gasteiger charge is 2.35. The first-order valence-electron chi connectivity index (χ1n) is 7.80. The minimum absolute atomic E-state index is 0.0696. The number of rotatable bonds is 3. The zero-order chi connectivity index (χ0) is 16.4. The molecule has 1 amide bonds. The second-order valence-electron chi connectivity index (χ2n) is 6.16. The number of likely N-dealkylation sites (tertiary alicyclic amines) is 1. The Morgan fingerprint density at radius 3 is 2.78 bits per heavy atom. The van der Waals surface area contributed by atoms with Crippen LogP contribution in [0.1, 0.15) is 28.1 Å². The fourth-order valence-corrected chi connectivity index (χ4v) is 4.02. The molecule has 1 aromatic carbocycles. The summed E-state index contributed by atoms with van der Waals surface area (Å²) < 4.78 is 0. The SMILES string of the molecule is Cc1scc(C(=O)N2CCCC(O)(CO)C2)c1-c1ccccc1. The van der Waals surface area contributed by atoms with E-state index in [0.717, 1.165) is 16.0 Å². The van der Waals surface area contributed by atoms with Gasteiger partial charge < -0.3 is 15.1 Å². The number of nitrogens with zero attached hydrogens (tertiary/aromatic N) is 1. The Labute approximate surface area is 140 Å². The summed E-state index contributed by atoms with van der Waals surface area (Å²) in [5.41, 5.74) is 1.51. The van der Waals surface area contributed by atoms with Gasteiger partial charge in [-0.25, -0.2) is 0 Å². The molecule has 0 spiro atoms. The minimum Gasteiger partial charge on any atom is -0.393 e. The number of carbonyl (C=O) groups excluding carboxylic acids is 1. The summed E-state index contributed by atoms with van der Waals surface area (Å²) in [5.74, 6) is -0.0696. The van der Waals surface area contributed by atoms with Crippen LogP contribution in [0.2, 0.25) is 0 Å². The predicted octanol–water partition coefficient (Wildman–Crippen LogP) is 2.68. The predicted molar refractivity (Wildman–Crippen MR) is 91.7 cm³/mol. The number of piperidine rings is 1. The lowest BCUT2D eigenvalue weighted by atomic mass is 9.93. The number of carbonyl (C=O) groups is 1. The first-order chi connectivity index (χ1) is 11.0. The third-order valence-corrected chi connectivity index (χ3v) is 5.32. The maximum Gasteiger partial charge on any atom is 0.255 e. The summed E-state index contributed by atoms with van der Waals surface area (Å²) >= 11 is 1.56. The van der Waals surface area contributed by atoms with Crippen LogP contribution >= 0.6 is 11.3 Å². The number of hydrogen-bond donors (Lipinski definition) is 2. The number of aliphatic hydroxyl groups is 2. The van der Waals surface area contributed by atoms with Crippen LogP contribution in [0.4, 0.5) is 0 Å². The van der Waals surface area contributed by atoms with Crippen molar-refractivity contribution in [3.05, 3.63) is 46.2 Å². The second kappa shape index (κ2) is 6.43. The van der Waals surface area contributed by atoms with Crippen LogP contribution in [0.15, 0.2) is 35.7 Å². The fraction of sp³-hybridized carbons (Fsp3) is 0.389. The van der Waals surface area contributed by atoms with Crippen molar-refractivity contribution in [2.24, 2.45) is 0 Å². The molecule has 1 aromatic heterocycles. The van der Waals surface area contributed by atoms with Gasteiger partial charge in [0.15, 0.2) is 0 Å². The largest absolute Gasteiger partial charge is 0.393 e. The standard InChI is InChI=1S/C18H21NO3S/c1-13-16(14-6-3-2-4-7-14)15(10-23-13)17(21)19-9-5-8-18(22,11-19)12-20/h2-4,6-7,10,20,22H,5,8-9,11-12H2,1H3. The van der Waals surface area contributed by atoms with Gasteiger partial charge in [-0.15, -0.1) is 11.3 Å². The van der Waals surface area contributed by atoms with Crippen LogP contribution in [-0.2, 0) is 0 Å². The van der Waals surface area contributed by atoms with E-state index >= 15 is 0 Å². The molecule has 0 saturated carbocycles. The van der Waals surface area contributed by atoms with Crippen LogP contribution in [-0.4, -0.2) is 46.3 Å². The van der Waals surface area contributed by atoms with Crippen LogP contribution in [0.25, 0.3) is 11.1 Å². The second-order valence-corrected chi connectivity index (χ2v) is 7.24. The van der Waals surface area contributed by atoms with Gasteiger partial charge in [-0.2, -0.15) is 0 Å². The van der Waals surface area contributed by atoms with Crippen molar-refractivity contribution in [1.29, 1.82) is 0 Å². The maximum absolute atomic E-state index is 13.0. The normalized spacial score (nSPS) is 21.4. The molecule has 122 valence electrons. The Morgan fingerprint density at radius 1 is 1.35 bits per heavy atom. The van der Waals surface area contributed by atoms with E-state index in [4.69, 9.17) is 0 Å². The highest BCUT2D eigenvalue weighted by atomic mass is 32.1. The van der Waals surface area contributed by atoms with E-state index in [1.165, 1.54) is 0 Å². The summed E-state index contributed by atoms with van der Waals surface area (Å²) in [5, 5.41) is 21.6. The van der Waals surface area contributed by atoms with Gasteiger partial charge in [-0.05, 0) is 25.3 Å². The number of aryl methyl sites for hydroxylation is 1. The van der Waals surface area contributed by atoms with Gasteiger partial charge in [0, 0.05) is 22.4 Å². The highest BCUT2D eigenvalue weighted by Crippen LogP contribution is 2.34. The van der Waals surface area contributed by atoms with Crippen LogP contribution in [0.3, 0.4) is 0 Å². The molecule has 5 heteroatoms. The third kappa shape index (κ3) is 3.17. The molecule has 0 aliphatic carbocycles. The number of benzene rings is 1. The molecule has 1 atom stereocenters. The zero-order valence-corrected chi connectivity index (χ0v) is 14.0. The lowest BCUT2D eigenvalue weighted by Gasteiger charge is -2.38. The molecule has 1 aliphatic heterocycles. The Morgan fingerprint density at radius 2 is 2.09 bits per heavy atom. The van der Waals surface area contributed by atoms with Crippen molar-refractivity contribution in [2.45, 2.75) is 25.4 Å². The van der Waals surface area contributed by atoms with Crippen molar-refractivity contribution in [2.75, 3.05) is 19.7 Å². The molecule has 23 heavy (non-hydrogen) atoms. The van der Waals surface area contributed by atoms with E-state index in [-0.39, 0.29) is 19.1 Å². The van der Waals surface area contributed by atoms with Gasteiger partial charge >= 0.3 is 0 Å². The van der Waals surface area contributed by atoms with E-state index in [0.29, 0.717) is 24.9 Å². The molecule has 2 aromatic rings. The lowest BCUT2D eigenvalue weighted by molar-refractivity contribution is -0.0598. The van der Waals surface area contributed by atoms with Crippen LogP contribution in [0, 0.1) is 6.92 Å². The number of β-amino-alcohol motifs (C(OH)–C–C–N with tert-alkyl or cyclic N) is 1. The summed E-state index contributed by atoms with van der Waals surface area (Å²) in [7, 11) is 0. The Balaban J connectivity index is 1.92. The van der Waals surface area contributed by atoms with Gasteiger partial charge in [-0.1, -0.05) is 30.3 Å². The molecule has 1 aliphatic rings. The third-order valence-electron chi connectivity index (χ3n) is 4.40. The van der Waals surface area contributed by atoms with Gasteiger partial charge in [0.25, 0.3) is 5.91 Å². The van der Waals surface area contributed by atoms with Gasteiger partial charge in [0.1, 0.15) is 5.60 Å². The van der Waals surface area contributed by atoms with E-state index in [9.17, 15) is 15.0 Å². The molecular formula is C18H21NO3S. The number of thiophene rings is 1. The monoisotopic (exact) mass is 331 g/mol. The molecule has 2 heterocycles. The van der Waals surface area contributed by atoms with Crippen molar-refractivity contribution in [1.82, 2.24) is 4.90 Å². The molecular weight excluding hydrogens is 310 g/mol. The summed E-state index contributed by atoms with van der Waals surface area (Å²) in [6, 6.07) is 9.90. The van der Waals surface area contributed by atoms with E-state index < -0.39 is 5.60 Å². The average molecular weight is 331 g/mol. The average Bonchev–Trinajstić information content (AvgIpc) is 2.96. The van der Waals surface area contributed by atoms with Gasteiger partial charge in [0.2, 0.25) is 0 Å². The maximum atomic E-state index is 13.0. The molecule has 0 bridgehead atoms. The number of amides is 1. The summed E-state index contributed by atoms with van der Waals surface area (Å²) in [6.45, 7) is 2.50. The number of hydrogen-bond acceptors (Lipinski definition) is 4. The smallest absolute Gasteiger partial charge is 0.255 e. The molecule has 3 rings (SSSR count). The summed E-state index contributed by atoms with van der Waals surface area (Å²) in [6.07, 6.45) is 1.23. The lowest BCUT2D eigenvalue weighted by Crippen LogP contribution is -2.52. The van der Waals surface area contributed by atoms with Crippen LogP contribution in [0.5, 0.6) is 0 Å². The topological polar surface area (TPSA) is 60.8 Å². The van der Waals surface area contributed by atoms with E-state index in [1.54, 1.807) is 16.2 Å². The quantitative estimate of drug-likeness (QED) is 0.909. The molecule has 0 radical (unpaired) electrons. The van der Waals surface area contributed by atoms with Crippen molar-refractivity contribution >= 4 is 17.2 Å². The van der Waals surface area contributed by atoms with Gasteiger partial charge in [-0.3, -0.25) is 4.79 Å². The number of aliphatic hydroxyl groups excluding tert-OH is 1. The van der Waals surface area contributed by atoms with Gasteiger partial charge in [0.05, 0.1) is 18.7 Å². The van der Waals surface area contributed by atoms with Crippen molar-refractivity contribution in [3.63, 3.8) is 0 Å². The minimum atomic E-state index is -1.17. The molecule has 1 unspecified atom stereocenters. The first kappa shape index (κ1) is 16.2. The Bertz CT molecular complexity index is 698. The van der Waals surface area contributed by atoms with Crippen LogP contribution < -0.4 is 0 Å². The van der Waals surface area contributed by atoms with Crippen molar-refractivity contribution in [3.8, 4) is 11.1 Å². The zero-order valence-electron chi connectivity index (χ0n) is 13.2.